The van der Waals surface area contributed by atoms with Crippen molar-refractivity contribution in [2.24, 2.45) is 0 Å². The molecule has 1 fully saturated rings. The first-order valence-electron chi connectivity index (χ1n) is 4.56. The van der Waals surface area contributed by atoms with E-state index in [1.54, 1.807) is 0 Å². The highest BCUT2D eigenvalue weighted by atomic mass is 15.3. The molecule has 2 N–H and O–H groups in total. The molecule has 0 aromatic carbocycles. The van der Waals surface area contributed by atoms with Crippen LogP contribution >= 0.6 is 0 Å². The molecule has 1 unspecified atom stereocenters. The van der Waals surface area contributed by atoms with Crippen LogP contribution in [-0.4, -0.2) is 22.0 Å². The maximum atomic E-state index is 4.08. The topological polar surface area (TPSA) is 53.6 Å². The van der Waals surface area contributed by atoms with Crippen molar-refractivity contribution in [3.63, 3.8) is 0 Å². The van der Waals surface area contributed by atoms with Gasteiger partial charge >= 0.3 is 0 Å². The Balaban J connectivity index is 2.02. The normalized spacial score (nSPS) is 25.2. The van der Waals surface area contributed by atoms with Gasteiger partial charge in [0.2, 0.25) is 0 Å². The van der Waals surface area contributed by atoms with Crippen molar-refractivity contribution < 1.29 is 0 Å². The number of hydrogen-bond donors (Lipinski definition) is 2. The second-order valence-electron chi connectivity index (χ2n) is 3.25. The molecule has 1 saturated heterocycles. The van der Waals surface area contributed by atoms with Crippen LogP contribution in [0.1, 0.15) is 37.4 Å². The average Bonchev–Trinajstić information content (AvgIpc) is 2.48. The maximum Gasteiger partial charge on any atom is 0.0993 e. The van der Waals surface area contributed by atoms with Crippen LogP contribution in [0.25, 0.3) is 0 Å². The summed E-state index contributed by atoms with van der Waals surface area (Å²) in [6, 6.07) is 0.422. The zero-order valence-electron chi connectivity index (χ0n) is 7.08. The first kappa shape index (κ1) is 7.73. The smallest absolute Gasteiger partial charge is 0.0993 e. The largest absolute Gasteiger partial charge is 0.309 e. The predicted molar refractivity (Wildman–Crippen MR) is 45.6 cm³/mol. The summed E-state index contributed by atoms with van der Waals surface area (Å²) in [5.74, 6) is 0. The molecule has 1 atom stereocenters. The van der Waals surface area contributed by atoms with Crippen LogP contribution in [0.15, 0.2) is 6.20 Å². The quantitative estimate of drug-likeness (QED) is 0.654. The lowest BCUT2D eigenvalue weighted by atomic mass is 10.1. The van der Waals surface area contributed by atoms with Crippen LogP contribution < -0.4 is 5.32 Å². The lowest BCUT2D eigenvalue weighted by Gasteiger charge is -2.11. The van der Waals surface area contributed by atoms with Gasteiger partial charge in [-0.1, -0.05) is 12.8 Å². The molecule has 1 aliphatic rings. The number of nitrogens with zero attached hydrogens (tertiary/aromatic N) is 2. The molecule has 66 valence electrons. The molecule has 0 bridgehead atoms. The van der Waals surface area contributed by atoms with Gasteiger partial charge in [0.15, 0.2) is 0 Å². The predicted octanol–water partition coefficient (Wildman–Crippen LogP) is 1.01. The summed E-state index contributed by atoms with van der Waals surface area (Å²) < 4.78 is 0. The molecule has 4 heteroatoms. The number of hydrogen-bond acceptors (Lipinski definition) is 3. The van der Waals surface area contributed by atoms with E-state index in [4.69, 9.17) is 0 Å². The van der Waals surface area contributed by atoms with E-state index in [1.165, 1.54) is 25.7 Å². The van der Waals surface area contributed by atoms with Crippen molar-refractivity contribution in [1.29, 1.82) is 0 Å². The number of rotatable bonds is 1. The molecule has 0 aliphatic carbocycles. The summed E-state index contributed by atoms with van der Waals surface area (Å²) in [6.45, 7) is 1.11. The molecule has 2 heterocycles. The Bertz CT molecular complexity index is 211. The van der Waals surface area contributed by atoms with Crippen molar-refractivity contribution in [1.82, 2.24) is 20.7 Å². The van der Waals surface area contributed by atoms with Crippen LogP contribution in [0.5, 0.6) is 0 Å². The minimum atomic E-state index is 0.422. The number of nitrogens with one attached hydrogen (secondary N) is 2. The fourth-order valence-corrected chi connectivity index (χ4v) is 1.66. The van der Waals surface area contributed by atoms with Gasteiger partial charge in [-0.2, -0.15) is 15.4 Å². The lowest BCUT2D eigenvalue weighted by Crippen LogP contribution is -2.20. The molecular weight excluding hydrogens is 152 g/mol. The Hall–Kier alpha value is -0.900. The standard InChI is InChI=1S/C8H14N4/c1-2-4-7(9-5-3-1)8-6-10-12-11-8/h6-7,9H,1-5H2,(H,10,11,12). The fraction of sp³-hybridized carbons (Fsp3) is 0.750. The van der Waals surface area contributed by atoms with Crippen molar-refractivity contribution in [2.45, 2.75) is 31.7 Å². The van der Waals surface area contributed by atoms with E-state index < -0.39 is 0 Å². The molecule has 1 aromatic rings. The van der Waals surface area contributed by atoms with Gasteiger partial charge in [-0.05, 0) is 19.4 Å². The minimum Gasteiger partial charge on any atom is -0.309 e. The zero-order valence-corrected chi connectivity index (χ0v) is 7.08. The molecule has 12 heavy (non-hydrogen) atoms. The summed E-state index contributed by atoms with van der Waals surface area (Å²) >= 11 is 0. The van der Waals surface area contributed by atoms with E-state index in [0.29, 0.717) is 6.04 Å². The van der Waals surface area contributed by atoms with Crippen LogP contribution in [0.2, 0.25) is 0 Å². The van der Waals surface area contributed by atoms with Crippen LogP contribution in [-0.2, 0) is 0 Å². The minimum absolute atomic E-state index is 0.422. The van der Waals surface area contributed by atoms with E-state index in [9.17, 15) is 0 Å². The van der Waals surface area contributed by atoms with Crippen molar-refractivity contribution in [3.05, 3.63) is 11.9 Å². The summed E-state index contributed by atoms with van der Waals surface area (Å²) in [5.41, 5.74) is 1.05. The molecule has 0 saturated carbocycles. The van der Waals surface area contributed by atoms with Crippen LogP contribution in [0.3, 0.4) is 0 Å². The lowest BCUT2D eigenvalue weighted by molar-refractivity contribution is 0.521. The Morgan fingerprint density at radius 1 is 1.33 bits per heavy atom. The Morgan fingerprint density at radius 3 is 3.17 bits per heavy atom. The molecule has 2 rings (SSSR count). The number of aromatic amines is 1. The highest BCUT2D eigenvalue weighted by Crippen LogP contribution is 2.19. The molecule has 0 radical (unpaired) electrons. The summed E-state index contributed by atoms with van der Waals surface area (Å²) in [6.07, 6.45) is 6.91. The van der Waals surface area contributed by atoms with E-state index >= 15 is 0 Å². The van der Waals surface area contributed by atoms with E-state index in [0.717, 1.165) is 12.2 Å². The summed E-state index contributed by atoms with van der Waals surface area (Å²) in [5, 5.41) is 14.0. The van der Waals surface area contributed by atoms with Gasteiger partial charge in [-0.15, -0.1) is 0 Å². The monoisotopic (exact) mass is 166 g/mol. The SMILES string of the molecule is c1n[nH]nc1C1CCCCCN1. The van der Waals surface area contributed by atoms with Gasteiger partial charge in [0.05, 0.1) is 17.9 Å². The Labute approximate surface area is 71.8 Å². The second-order valence-corrected chi connectivity index (χ2v) is 3.25. The van der Waals surface area contributed by atoms with Gasteiger partial charge < -0.3 is 5.32 Å². The van der Waals surface area contributed by atoms with Gasteiger partial charge in [0.25, 0.3) is 0 Å². The van der Waals surface area contributed by atoms with Crippen LogP contribution in [0.4, 0.5) is 0 Å². The van der Waals surface area contributed by atoms with Crippen molar-refractivity contribution in [2.75, 3.05) is 6.54 Å². The highest BCUT2D eigenvalue weighted by molar-refractivity contribution is 4.99. The molecule has 0 spiro atoms. The third-order valence-electron chi connectivity index (χ3n) is 2.35. The third kappa shape index (κ3) is 1.64. The van der Waals surface area contributed by atoms with Gasteiger partial charge in [0.1, 0.15) is 0 Å². The number of aromatic nitrogens is 3. The van der Waals surface area contributed by atoms with E-state index in [1.807, 2.05) is 6.20 Å². The maximum absolute atomic E-state index is 4.08. The summed E-state index contributed by atoms with van der Waals surface area (Å²) in [4.78, 5) is 0. The zero-order chi connectivity index (χ0) is 8.23. The Kier molecular flexibility index (Phi) is 2.36. The van der Waals surface area contributed by atoms with E-state index in [2.05, 4.69) is 20.7 Å². The molecular formula is C8H14N4. The molecule has 0 amide bonds. The third-order valence-corrected chi connectivity index (χ3v) is 2.35. The van der Waals surface area contributed by atoms with Gasteiger partial charge in [-0.3, -0.25) is 0 Å². The first-order valence-corrected chi connectivity index (χ1v) is 4.56. The molecule has 4 nitrogen and oxygen atoms in total. The van der Waals surface area contributed by atoms with Crippen molar-refractivity contribution in [3.8, 4) is 0 Å². The van der Waals surface area contributed by atoms with Gasteiger partial charge in [0, 0.05) is 0 Å². The number of H-pyrrole nitrogens is 1. The average molecular weight is 166 g/mol. The molecule has 1 aliphatic heterocycles. The Morgan fingerprint density at radius 2 is 2.33 bits per heavy atom. The second kappa shape index (κ2) is 3.67. The van der Waals surface area contributed by atoms with E-state index in [-0.39, 0.29) is 0 Å². The van der Waals surface area contributed by atoms with Gasteiger partial charge in [-0.25, -0.2) is 0 Å². The fourth-order valence-electron chi connectivity index (χ4n) is 1.66. The first-order chi connectivity index (χ1) is 5.97. The van der Waals surface area contributed by atoms with Crippen LogP contribution in [0, 0.1) is 0 Å². The highest BCUT2D eigenvalue weighted by Gasteiger charge is 2.14. The summed E-state index contributed by atoms with van der Waals surface area (Å²) in [7, 11) is 0. The van der Waals surface area contributed by atoms with Crippen molar-refractivity contribution >= 4 is 0 Å². The molecule has 1 aromatic heterocycles.